The third-order valence-corrected chi connectivity index (χ3v) is 3.17. The lowest BCUT2D eigenvalue weighted by atomic mass is 9.96. The maximum Gasteiger partial charge on any atom is 0.267 e. The van der Waals surface area contributed by atoms with Gasteiger partial charge in [-0.25, -0.2) is 0 Å². The Morgan fingerprint density at radius 2 is 1.68 bits per heavy atom. The van der Waals surface area contributed by atoms with Gasteiger partial charge in [-0.3, -0.25) is 9.59 Å². The van der Waals surface area contributed by atoms with Gasteiger partial charge in [0.1, 0.15) is 5.70 Å². The number of aryl methyl sites for hydroxylation is 3. The molecule has 2 N–H and O–H groups in total. The van der Waals surface area contributed by atoms with Crippen LogP contribution in [0.1, 0.15) is 27.0 Å². The topological polar surface area (TPSA) is 58.2 Å². The second-order valence-corrected chi connectivity index (χ2v) is 4.88. The van der Waals surface area contributed by atoms with E-state index in [2.05, 4.69) is 10.6 Å². The van der Waals surface area contributed by atoms with Gasteiger partial charge in [0.25, 0.3) is 5.91 Å². The SMILES string of the molecule is Cc1cc(C)c(C(=O)/C=C2\NCCNC2=O)c(C)c1. The minimum Gasteiger partial charge on any atom is -0.379 e. The summed E-state index contributed by atoms with van der Waals surface area (Å²) in [6.45, 7) is 7.08. The van der Waals surface area contributed by atoms with Crippen molar-refractivity contribution in [3.63, 3.8) is 0 Å². The van der Waals surface area contributed by atoms with Gasteiger partial charge in [-0.2, -0.15) is 0 Å². The van der Waals surface area contributed by atoms with E-state index in [1.807, 2.05) is 32.9 Å². The molecule has 19 heavy (non-hydrogen) atoms. The number of hydrogen-bond donors (Lipinski definition) is 2. The molecule has 100 valence electrons. The van der Waals surface area contributed by atoms with Crippen molar-refractivity contribution in [2.45, 2.75) is 20.8 Å². The van der Waals surface area contributed by atoms with E-state index >= 15 is 0 Å². The molecule has 0 spiro atoms. The zero-order valence-electron chi connectivity index (χ0n) is 11.5. The van der Waals surface area contributed by atoms with E-state index in [4.69, 9.17) is 0 Å². The standard InChI is InChI=1S/C15H18N2O2/c1-9-6-10(2)14(11(3)7-9)13(18)8-12-15(19)17-5-4-16-12/h6-8,16H,4-5H2,1-3H3,(H,17,19)/b12-8-. The highest BCUT2D eigenvalue weighted by atomic mass is 16.2. The number of benzene rings is 1. The molecule has 1 amide bonds. The van der Waals surface area contributed by atoms with Gasteiger partial charge in [-0.05, 0) is 31.9 Å². The second-order valence-electron chi connectivity index (χ2n) is 4.88. The smallest absolute Gasteiger partial charge is 0.267 e. The first-order valence-corrected chi connectivity index (χ1v) is 6.35. The largest absolute Gasteiger partial charge is 0.379 e. The number of allylic oxidation sites excluding steroid dienone is 1. The fourth-order valence-corrected chi connectivity index (χ4v) is 2.44. The summed E-state index contributed by atoms with van der Waals surface area (Å²) in [5.41, 5.74) is 4.03. The molecule has 1 saturated heterocycles. The van der Waals surface area contributed by atoms with Gasteiger partial charge in [0.05, 0.1) is 0 Å². The first-order valence-electron chi connectivity index (χ1n) is 6.35. The molecule has 2 rings (SSSR count). The van der Waals surface area contributed by atoms with Crippen molar-refractivity contribution in [3.8, 4) is 0 Å². The number of carbonyl (C=O) groups excluding carboxylic acids is 2. The summed E-state index contributed by atoms with van der Waals surface area (Å²) in [5.74, 6) is -0.350. The molecule has 1 fully saturated rings. The van der Waals surface area contributed by atoms with Crippen molar-refractivity contribution in [3.05, 3.63) is 46.2 Å². The zero-order chi connectivity index (χ0) is 14.0. The van der Waals surface area contributed by atoms with Gasteiger partial charge in [0, 0.05) is 24.7 Å². The van der Waals surface area contributed by atoms with Gasteiger partial charge < -0.3 is 10.6 Å². The van der Waals surface area contributed by atoms with Crippen LogP contribution in [0.4, 0.5) is 0 Å². The molecule has 1 aliphatic rings. The van der Waals surface area contributed by atoms with Gasteiger partial charge in [0.15, 0.2) is 5.78 Å². The molecule has 0 bridgehead atoms. The summed E-state index contributed by atoms with van der Waals surface area (Å²) < 4.78 is 0. The van der Waals surface area contributed by atoms with Gasteiger partial charge in [0.2, 0.25) is 0 Å². The van der Waals surface area contributed by atoms with E-state index in [0.29, 0.717) is 24.4 Å². The number of piperazine rings is 1. The van der Waals surface area contributed by atoms with E-state index in [-0.39, 0.29) is 11.7 Å². The number of nitrogens with one attached hydrogen (secondary N) is 2. The number of hydrogen-bond acceptors (Lipinski definition) is 3. The lowest BCUT2D eigenvalue weighted by Crippen LogP contribution is -2.43. The van der Waals surface area contributed by atoms with Crippen LogP contribution in [0.25, 0.3) is 0 Å². The summed E-state index contributed by atoms with van der Waals surface area (Å²) >= 11 is 0. The lowest BCUT2D eigenvalue weighted by molar-refractivity contribution is -0.118. The molecular weight excluding hydrogens is 240 g/mol. The Balaban J connectivity index is 2.35. The maximum absolute atomic E-state index is 12.3. The van der Waals surface area contributed by atoms with Crippen molar-refractivity contribution < 1.29 is 9.59 Å². The van der Waals surface area contributed by atoms with Crippen LogP contribution >= 0.6 is 0 Å². The number of amides is 1. The van der Waals surface area contributed by atoms with Crippen LogP contribution in [-0.2, 0) is 4.79 Å². The van der Waals surface area contributed by atoms with Crippen LogP contribution in [0.5, 0.6) is 0 Å². The molecule has 1 heterocycles. The molecule has 0 aromatic heterocycles. The predicted molar refractivity (Wildman–Crippen MR) is 74.1 cm³/mol. The average molecular weight is 258 g/mol. The highest BCUT2D eigenvalue weighted by molar-refractivity contribution is 6.11. The third kappa shape index (κ3) is 2.84. The molecule has 4 nitrogen and oxygen atoms in total. The van der Waals surface area contributed by atoms with E-state index in [9.17, 15) is 9.59 Å². The molecular formula is C15H18N2O2. The van der Waals surface area contributed by atoms with Gasteiger partial charge in [-0.15, -0.1) is 0 Å². The summed E-state index contributed by atoms with van der Waals surface area (Å²) in [6, 6.07) is 3.96. The fourth-order valence-electron chi connectivity index (χ4n) is 2.44. The Morgan fingerprint density at radius 1 is 1.11 bits per heavy atom. The summed E-state index contributed by atoms with van der Waals surface area (Å²) in [5, 5.41) is 5.65. The molecule has 4 heteroatoms. The summed E-state index contributed by atoms with van der Waals surface area (Å²) in [7, 11) is 0. The van der Waals surface area contributed by atoms with Gasteiger partial charge >= 0.3 is 0 Å². The van der Waals surface area contributed by atoms with E-state index in [1.165, 1.54) is 6.08 Å². The Morgan fingerprint density at radius 3 is 2.26 bits per heavy atom. The highest BCUT2D eigenvalue weighted by Crippen LogP contribution is 2.18. The zero-order valence-corrected chi connectivity index (χ0v) is 11.5. The van der Waals surface area contributed by atoms with Crippen molar-refractivity contribution >= 4 is 11.7 Å². The van der Waals surface area contributed by atoms with Crippen molar-refractivity contribution in [1.82, 2.24) is 10.6 Å². The third-order valence-electron chi connectivity index (χ3n) is 3.17. The summed E-state index contributed by atoms with van der Waals surface area (Å²) in [4.78, 5) is 23.9. The van der Waals surface area contributed by atoms with Crippen LogP contribution in [-0.4, -0.2) is 24.8 Å². The van der Waals surface area contributed by atoms with Crippen molar-refractivity contribution in [2.24, 2.45) is 0 Å². The van der Waals surface area contributed by atoms with Crippen LogP contribution < -0.4 is 10.6 Å². The molecule has 0 aliphatic carbocycles. The minimum absolute atomic E-state index is 0.130. The lowest BCUT2D eigenvalue weighted by Gasteiger charge is -2.17. The summed E-state index contributed by atoms with van der Waals surface area (Å²) in [6.07, 6.45) is 1.39. The molecule has 0 unspecified atom stereocenters. The first kappa shape index (κ1) is 13.3. The normalized spacial score (nSPS) is 17.0. The number of rotatable bonds is 2. The van der Waals surface area contributed by atoms with Crippen LogP contribution in [0.15, 0.2) is 23.9 Å². The second kappa shape index (κ2) is 5.26. The van der Waals surface area contributed by atoms with E-state index < -0.39 is 0 Å². The molecule has 0 radical (unpaired) electrons. The highest BCUT2D eigenvalue weighted by Gasteiger charge is 2.17. The monoisotopic (exact) mass is 258 g/mol. The molecule has 0 saturated carbocycles. The quantitative estimate of drug-likeness (QED) is 0.622. The molecule has 1 aromatic carbocycles. The number of ketones is 1. The molecule has 1 aromatic rings. The number of carbonyl (C=O) groups is 2. The Bertz CT molecular complexity index is 551. The van der Waals surface area contributed by atoms with Crippen molar-refractivity contribution in [1.29, 1.82) is 0 Å². The Labute approximate surface area is 112 Å². The maximum atomic E-state index is 12.3. The van der Waals surface area contributed by atoms with Crippen LogP contribution in [0.2, 0.25) is 0 Å². The van der Waals surface area contributed by atoms with Crippen LogP contribution in [0, 0.1) is 20.8 Å². The molecule has 1 aliphatic heterocycles. The van der Waals surface area contributed by atoms with E-state index in [0.717, 1.165) is 16.7 Å². The first-order chi connectivity index (χ1) is 8.99. The minimum atomic E-state index is -0.220. The average Bonchev–Trinajstić information content (AvgIpc) is 2.30. The van der Waals surface area contributed by atoms with Gasteiger partial charge in [-0.1, -0.05) is 17.7 Å². The Hall–Kier alpha value is -2.10. The fraction of sp³-hybridized carbons (Fsp3) is 0.333. The van der Waals surface area contributed by atoms with Crippen molar-refractivity contribution in [2.75, 3.05) is 13.1 Å². The Kier molecular flexibility index (Phi) is 3.69. The molecule has 0 atom stereocenters. The van der Waals surface area contributed by atoms with Crippen LogP contribution in [0.3, 0.4) is 0 Å². The van der Waals surface area contributed by atoms with E-state index in [1.54, 1.807) is 0 Å². The predicted octanol–water partition coefficient (Wildman–Crippen LogP) is 1.40.